The average Bonchev–Trinajstić information content (AvgIpc) is 2.22. The van der Waals surface area contributed by atoms with Crippen LogP contribution in [0.3, 0.4) is 0 Å². The van der Waals surface area contributed by atoms with E-state index in [1.54, 1.807) is 12.1 Å². The quantitative estimate of drug-likeness (QED) is 0.687. The second-order valence-electron chi connectivity index (χ2n) is 5.07. The number of hydrogen-bond donors (Lipinski definition) is 1. The van der Waals surface area contributed by atoms with Crippen LogP contribution in [-0.4, -0.2) is 17.0 Å². The van der Waals surface area contributed by atoms with Crippen LogP contribution in [0.25, 0.3) is 0 Å². The first-order valence-electron chi connectivity index (χ1n) is 5.44. The molecule has 0 aliphatic heterocycles. The van der Waals surface area contributed by atoms with Gasteiger partial charge in [0.25, 0.3) is 0 Å². The summed E-state index contributed by atoms with van der Waals surface area (Å²) in [5.41, 5.74) is 6.11. The van der Waals surface area contributed by atoms with E-state index < -0.39 is 12.0 Å². The molecule has 0 fully saturated rings. The van der Waals surface area contributed by atoms with Crippen molar-refractivity contribution in [2.75, 3.05) is 0 Å². The van der Waals surface area contributed by atoms with Gasteiger partial charge in [-0.2, -0.15) is 0 Å². The third kappa shape index (κ3) is 4.44. The number of nitrogens with two attached hydrogens (primary N) is 1. The fraction of sp³-hybridized carbons (Fsp3) is 0.500. The summed E-state index contributed by atoms with van der Waals surface area (Å²) in [6.07, 6.45) is 0. The molecule has 0 aromatic carbocycles. The zero-order chi connectivity index (χ0) is 13.9. The molecule has 0 aliphatic rings. The molecule has 1 atom stereocenters. The van der Waals surface area contributed by atoms with Gasteiger partial charge in [-0.3, -0.25) is 4.79 Å². The normalized spacial score (nSPS) is 13.2. The Hall–Kier alpha value is -0.840. The summed E-state index contributed by atoms with van der Waals surface area (Å²) in [6.45, 7) is 5.70. The van der Waals surface area contributed by atoms with E-state index in [4.69, 9.17) is 33.7 Å². The molecule has 18 heavy (non-hydrogen) atoms. The van der Waals surface area contributed by atoms with Crippen LogP contribution >= 0.6 is 23.2 Å². The number of carbonyl (C=O) groups is 1. The number of nitrogens with zero attached hydrogens (tertiary/aromatic N) is 1. The molecule has 0 radical (unpaired) electrons. The van der Waals surface area contributed by atoms with E-state index in [-0.39, 0.29) is 22.3 Å². The van der Waals surface area contributed by atoms with E-state index in [2.05, 4.69) is 4.98 Å². The lowest BCUT2D eigenvalue weighted by Gasteiger charge is -2.24. The van der Waals surface area contributed by atoms with Crippen molar-refractivity contribution in [2.45, 2.75) is 33.4 Å². The standard InChI is InChI=1S/C12H16Cl2N2O2/c1-12(2,3)10(15)11(17)18-6-7-4-8(13)16-9(14)5-7/h4-5,10H,6,15H2,1-3H3/t10-/m1/s1. The van der Waals surface area contributed by atoms with Gasteiger partial charge in [0.1, 0.15) is 23.0 Å². The molecule has 1 heterocycles. The molecule has 0 saturated carbocycles. The molecule has 0 amide bonds. The average molecular weight is 291 g/mol. The highest BCUT2D eigenvalue weighted by Crippen LogP contribution is 2.19. The fourth-order valence-corrected chi connectivity index (χ4v) is 1.70. The Bertz CT molecular complexity index is 424. The molecule has 2 N–H and O–H groups in total. The number of esters is 1. The second kappa shape index (κ2) is 5.87. The van der Waals surface area contributed by atoms with Crippen LogP contribution in [0.4, 0.5) is 0 Å². The zero-order valence-corrected chi connectivity index (χ0v) is 12.0. The van der Waals surface area contributed by atoms with Gasteiger partial charge in [-0.25, -0.2) is 4.98 Å². The first-order valence-corrected chi connectivity index (χ1v) is 6.20. The largest absolute Gasteiger partial charge is 0.460 e. The van der Waals surface area contributed by atoms with Crippen LogP contribution in [0.1, 0.15) is 26.3 Å². The van der Waals surface area contributed by atoms with Crippen LogP contribution in [-0.2, 0) is 16.1 Å². The summed E-state index contributed by atoms with van der Waals surface area (Å²) in [5, 5.41) is 0.516. The van der Waals surface area contributed by atoms with Crippen molar-refractivity contribution in [1.82, 2.24) is 4.98 Å². The topological polar surface area (TPSA) is 65.2 Å². The van der Waals surface area contributed by atoms with Gasteiger partial charge in [0.15, 0.2) is 0 Å². The Balaban J connectivity index is 2.63. The molecule has 0 spiro atoms. The maximum absolute atomic E-state index is 11.7. The SMILES string of the molecule is CC(C)(C)[C@H](N)C(=O)OCc1cc(Cl)nc(Cl)c1. The van der Waals surface area contributed by atoms with Crippen LogP contribution in [0.15, 0.2) is 12.1 Å². The molecule has 1 aromatic heterocycles. The molecule has 6 heteroatoms. The predicted octanol–water partition coefficient (Wildman–Crippen LogP) is 2.81. The van der Waals surface area contributed by atoms with Gasteiger partial charge in [-0.15, -0.1) is 0 Å². The third-order valence-corrected chi connectivity index (χ3v) is 2.78. The number of rotatable bonds is 3. The van der Waals surface area contributed by atoms with E-state index in [0.717, 1.165) is 0 Å². The van der Waals surface area contributed by atoms with E-state index in [1.807, 2.05) is 20.8 Å². The predicted molar refractivity (Wildman–Crippen MR) is 71.5 cm³/mol. The molecule has 0 unspecified atom stereocenters. The van der Waals surface area contributed by atoms with E-state index >= 15 is 0 Å². The summed E-state index contributed by atoms with van der Waals surface area (Å²) >= 11 is 11.5. The van der Waals surface area contributed by atoms with Gasteiger partial charge in [0.05, 0.1) is 0 Å². The minimum absolute atomic E-state index is 0.0740. The molecule has 1 aromatic rings. The fourth-order valence-electron chi connectivity index (χ4n) is 1.20. The van der Waals surface area contributed by atoms with Gasteiger partial charge >= 0.3 is 5.97 Å². The van der Waals surface area contributed by atoms with E-state index in [0.29, 0.717) is 5.56 Å². The summed E-state index contributed by atoms with van der Waals surface area (Å²) in [4.78, 5) is 15.5. The molecule has 1 rings (SSSR count). The van der Waals surface area contributed by atoms with Crippen molar-refractivity contribution in [3.05, 3.63) is 28.0 Å². The van der Waals surface area contributed by atoms with E-state index in [9.17, 15) is 4.79 Å². The number of halogens is 2. The van der Waals surface area contributed by atoms with Crippen molar-refractivity contribution >= 4 is 29.2 Å². The van der Waals surface area contributed by atoms with Crippen molar-refractivity contribution in [3.63, 3.8) is 0 Å². The minimum atomic E-state index is -0.676. The highest BCUT2D eigenvalue weighted by Gasteiger charge is 2.28. The van der Waals surface area contributed by atoms with Crippen LogP contribution in [0.5, 0.6) is 0 Å². The maximum atomic E-state index is 11.7. The van der Waals surface area contributed by atoms with Gasteiger partial charge in [-0.1, -0.05) is 44.0 Å². The number of aromatic nitrogens is 1. The summed E-state index contributed by atoms with van der Waals surface area (Å²) in [5.74, 6) is -0.452. The van der Waals surface area contributed by atoms with Gasteiger partial charge < -0.3 is 10.5 Å². The summed E-state index contributed by atoms with van der Waals surface area (Å²) in [6, 6.07) is 2.50. The highest BCUT2D eigenvalue weighted by molar-refractivity contribution is 6.32. The molecule has 4 nitrogen and oxygen atoms in total. The Morgan fingerprint density at radius 1 is 1.39 bits per heavy atom. The number of pyridine rings is 1. The molecular weight excluding hydrogens is 275 g/mol. The first kappa shape index (κ1) is 15.2. The smallest absolute Gasteiger partial charge is 0.323 e. The Morgan fingerprint density at radius 2 is 1.89 bits per heavy atom. The lowest BCUT2D eigenvalue weighted by atomic mass is 9.87. The van der Waals surface area contributed by atoms with Gasteiger partial charge in [0, 0.05) is 0 Å². The van der Waals surface area contributed by atoms with Crippen molar-refractivity contribution in [3.8, 4) is 0 Å². The maximum Gasteiger partial charge on any atom is 0.323 e. The van der Waals surface area contributed by atoms with Gasteiger partial charge in [0.2, 0.25) is 0 Å². The van der Waals surface area contributed by atoms with Gasteiger partial charge in [-0.05, 0) is 23.1 Å². The highest BCUT2D eigenvalue weighted by atomic mass is 35.5. The Kier molecular flexibility index (Phi) is 4.96. The first-order chi connectivity index (χ1) is 8.20. The number of ether oxygens (including phenoxy) is 1. The number of carbonyl (C=O) groups excluding carboxylic acids is 1. The van der Waals surface area contributed by atoms with Crippen LogP contribution in [0, 0.1) is 5.41 Å². The molecule has 0 saturated heterocycles. The molecule has 0 aliphatic carbocycles. The lowest BCUT2D eigenvalue weighted by molar-refractivity contribution is -0.149. The molecule has 0 bridgehead atoms. The van der Waals surface area contributed by atoms with Crippen molar-refractivity contribution in [1.29, 1.82) is 0 Å². The summed E-state index contributed by atoms with van der Waals surface area (Å²) < 4.78 is 5.12. The number of hydrogen-bond acceptors (Lipinski definition) is 4. The molecular formula is C12H16Cl2N2O2. The van der Waals surface area contributed by atoms with Crippen molar-refractivity contribution < 1.29 is 9.53 Å². The van der Waals surface area contributed by atoms with Crippen LogP contribution < -0.4 is 5.73 Å². The second-order valence-corrected chi connectivity index (χ2v) is 5.85. The summed E-state index contributed by atoms with van der Waals surface area (Å²) in [7, 11) is 0. The molecule has 100 valence electrons. The lowest BCUT2D eigenvalue weighted by Crippen LogP contribution is -2.43. The van der Waals surface area contributed by atoms with E-state index in [1.165, 1.54) is 0 Å². The minimum Gasteiger partial charge on any atom is -0.460 e. The van der Waals surface area contributed by atoms with Crippen molar-refractivity contribution in [2.24, 2.45) is 11.1 Å². The van der Waals surface area contributed by atoms with Crippen LogP contribution in [0.2, 0.25) is 10.3 Å². The Labute approximate surface area is 116 Å². The monoisotopic (exact) mass is 290 g/mol. The Morgan fingerprint density at radius 3 is 2.33 bits per heavy atom. The third-order valence-electron chi connectivity index (χ3n) is 2.39. The zero-order valence-electron chi connectivity index (χ0n) is 10.5.